The van der Waals surface area contributed by atoms with Gasteiger partial charge in [-0.05, 0) is 44.4 Å². The molecule has 8 heteroatoms. The van der Waals surface area contributed by atoms with E-state index in [1.165, 1.54) is 17.0 Å². The molecule has 1 aliphatic heterocycles. The molecule has 1 saturated carbocycles. The number of hydrogen-bond acceptors (Lipinski definition) is 3. The number of nitrogens with one attached hydrogen (secondary N) is 1. The van der Waals surface area contributed by atoms with Gasteiger partial charge in [0.2, 0.25) is 0 Å². The minimum Gasteiger partial charge on any atom is -0.463 e. The van der Waals surface area contributed by atoms with E-state index in [4.69, 9.17) is 4.74 Å². The van der Waals surface area contributed by atoms with Crippen LogP contribution in [0.4, 0.5) is 18.0 Å². The fourth-order valence-electron chi connectivity index (χ4n) is 3.15. The number of halogens is 3. The maximum absolute atomic E-state index is 13.0. The summed E-state index contributed by atoms with van der Waals surface area (Å²) in [6, 6.07) is 3.23. The van der Waals surface area contributed by atoms with Gasteiger partial charge in [0, 0.05) is 11.7 Å². The first-order valence-corrected chi connectivity index (χ1v) is 8.38. The Morgan fingerprint density at radius 1 is 1.35 bits per heavy atom. The highest BCUT2D eigenvalue weighted by molar-refractivity contribution is 5.95. The zero-order chi connectivity index (χ0) is 19.1. The monoisotopic (exact) mass is 368 g/mol. The summed E-state index contributed by atoms with van der Waals surface area (Å²) in [6.45, 7) is 3.40. The highest BCUT2D eigenvalue weighted by Crippen LogP contribution is 2.39. The molecule has 0 bridgehead atoms. The first kappa shape index (κ1) is 18.3. The molecule has 1 aromatic rings. The minimum absolute atomic E-state index is 0.0156. The van der Waals surface area contributed by atoms with Crippen molar-refractivity contribution in [2.45, 2.75) is 44.9 Å². The summed E-state index contributed by atoms with van der Waals surface area (Å²) in [5.41, 5.74) is -0.0597. The molecule has 26 heavy (non-hydrogen) atoms. The highest BCUT2D eigenvalue weighted by Gasteiger charge is 2.43. The SMILES string of the molecule is CCOC(=O)C1=C(C)N(C2CC2)C(=O)N[C@H]1c1cccc(C(F)(F)F)c1. The summed E-state index contributed by atoms with van der Waals surface area (Å²) >= 11 is 0. The van der Waals surface area contributed by atoms with E-state index in [0.717, 1.165) is 25.0 Å². The van der Waals surface area contributed by atoms with Crippen LogP contribution in [0.25, 0.3) is 0 Å². The zero-order valence-corrected chi connectivity index (χ0v) is 14.4. The van der Waals surface area contributed by atoms with E-state index in [1.807, 2.05) is 0 Å². The van der Waals surface area contributed by atoms with Crippen LogP contribution >= 0.6 is 0 Å². The van der Waals surface area contributed by atoms with Crippen molar-refractivity contribution in [3.63, 3.8) is 0 Å². The Morgan fingerprint density at radius 2 is 2.04 bits per heavy atom. The lowest BCUT2D eigenvalue weighted by Crippen LogP contribution is -2.48. The molecule has 0 unspecified atom stereocenters. The number of nitrogens with zero attached hydrogens (tertiary/aromatic N) is 1. The van der Waals surface area contributed by atoms with E-state index in [1.54, 1.807) is 13.8 Å². The second-order valence-electron chi connectivity index (χ2n) is 6.33. The molecular formula is C18H19F3N2O3. The van der Waals surface area contributed by atoms with Crippen molar-refractivity contribution in [1.82, 2.24) is 10.2 Å². The summed E-state index contributed by atoms with van der Waals surface area (Å²) in [4.78, 5) is 26.5. The van der Waals surface area contributed by atoms with Crippen LogP contribution in [0, 0.1) is 0 Å². The molecule has 0 saturated heterocycles. The van der Waals surface area contributed by atoms with Gasteiger partial charge in [0.1, 0.15) is 0 Å². The molecule has 1 atom stereocenters. The molecule has 2 amide bonds. The first-order valence-electron chi connectivity index (χ1n) is 8.38. The average Bonchev–Trinajstić information content (AvgIpc) is 3.38. The van der Waals surface area contributed by atoms with Crippen LogP contribution in [-0.2, 0) is 15.7 Å². The lowest BCUT2D eigenvalue weighted by atomic mass is 9.93. The molecular weight excluding hydrogens is 349 g/mol. The van der Waals surface area contributed by atoms with Gasteiger partial charge < -0.3 is 10.1 Å². The normalized spacial score (nSPS) is 20.9. The topological polar surface area (TPSA) is 58.6 Å². The summed E-state index contributed by atoms with van der Waals surface area (Å²) in [7, 11) is 0. The van der Waals surface area contributed by atoms with Crippen molar-refractivity contribution in [3.8, 4) is 0 Å². The van der Waals surface area contributed by atoms with E-state index in [9.17, 15) is 22.8 Å². The smallest absolute Gasteiger partial charge is 0.416 e. The number of carbonyl (C=O) groups excluding carboxylic acids is 2. The van der Waals surface area contributed by atoms with E-state index in [2.05, 4.69) is 5.32 Å². The molecule has 1 aliphatic carbocycles. The third kappa shape index (κ3) is 3.40. The maximum atomic E-state index is 13.0. The highest BCUT2D eigenvalue weighted by atomic mass is 19.4. The number of alkyl halides is 3. The van der Waals surface area contributed by atoms with Crippen molar-refractivity contribution < 1.29 is 27.5 Å². The van der Waals surface area contributed by atoms with Crippen molar-refractivity contribution in [1.29, 1.82) is 0 Å². The van der Waals surface area contributed by atoms with Crippen LogP contribution in [-0.4, -0.2) is 29.5 Å². The minimum atomic E-state index is -4.52. The zero-order valence-electron chi connectivity index (χ0n) is 14.4. The number of urea groups is 1. The fourth-order valence-corrected chi connectivity index (χ4v) is 3.15. The van der Waals surface area contributed by atoms with Crippen molar-refractivity contribution in [2.24, 2.45) is 0 Å². The van der Waals surface area contributed by atoms with Crippen molar-refractivity contribution in [3.05, 3.63) is 46.7 Å². The second-order valence-corrected chi connectivity index (χ2v) is 6.33. The van der Waals surface area contributed by atoms with Gasteiger partial charge in [-0.3, -0.25) is 4.90 Å². The van der Waals surface area contributed by atoms with Gasteiger partial charge in [0.15, 0.2) is 0 Å². The Morgan fingerprint density at radius 3 is 2.62 bits per heavy atom. The standard InChI is InChI=1S/C18H19F3N2O3/c1-3-26-16(24)14-10(2)23(13-7-8-13)17(25)22-15(14)11-5-4-6-12(9-11)18(19,20)21/h4-6,9,13,15H,3,7-8H2,1-2H3,(H,22,25)/t15-/m0/s1. The molecule has 0 aromatic heterocycles. The van der Waals surface area contributed by atoms with Crippen LogP contribution in [0.3, 0.4) is 0 Å². The third-order valence-corrected chi connectivity index (χ3v) is 4.48. The summed E-state index contributed by atoms with van der Waals surface area (Å²) in [6.07, 6.45) is -2.86. The van der Waals surface area contributed by atoms with Crippen LogP contribution in [0.5, 0.6) is 0 Å². The van der Waals surface area contributed by atoms with E-state index < -0.39 is 29.8 Å². The van der Waals surface area contributed by atoms with E-state index in [0.29, 0.717) is 5.70 Å². The van der Waals surface area contributed by atoms with Crippen molar-refractivity contribution >= 4 is 12.0 Å². The molecule has 0 spiro atoms. The Labute approximate surface area is 148 Å². The quantitative estimate of drug-likeness (QED) is 0.823. The Hall–Kier alpha value is -2.51. The lowest BCUT2D eigenvalue weighted by molar-refractivity contribution is -0.139. The van der Waals surface area contributed by atoms with Crippen LogP contribution in [0.1, 0.15) is 43.9 Å². The molecule has 1 fully saturated rings. The summed E-state index contributed by atoms with van der Waals surface area (Å²) < 4.78 is 44.2. The number of esters is 1. The van der Waals surface area contributed by atoms with E-state index in [-0.39, 0.29) is 23.8 Å². The summed E-state index contributed by atoms with van der Waals surface area (Å²) in [5, 5.41) is 2.66. The predicted octanol–water partition coefficient (Wildman–Crippen LogP) is 3.77. The Bertz CT molecular complexity index is 769. The molecule has 1 N–H and O–H groups in total. The van der Waals surface area contributed by atoms with Gasteiger partial charge in [-0.2, -0.15) is 13.2 Å². The number of amides is 2. The fraction of sp³-hybridized carbons (Fsp3) is 0.444. The van der Waals surface area contributed by atoms with Gasteiger partial charge in [-0.25, -0.2) is 9.59 Å². The Kier molecular flexibility index (Phi) is 4.68. The van der Waals surface area contributed by atoms with Gasteiger partial charge in [-0.1, -0.05) is 12.1 Å². The lowest BCUT2D eigenvalue weighted by Gasteiger charge is -2.35. The molecule has 3 rings (SSSR count). The first-order chi connectivity index (χ1) is 12.2. The molecule has 1 heterocycles. The number of carbonyl (C=O) groups is 2. The number of rotatable bonds is 4. The number of benzene rings is 1. The average molecular weight is 368 g/mol. The molecule has 2 aliphatic rings. The molecule has 140 valence electrons. The molecule has 5 nitrogen and oxygen atoms in total. The van der Waals surface area contributed by atoms with Gasteiger partial charge in [0.25, 0.3) is 0 Å². The Balaban J connectivity index is 2.07. The number of allylic oxidation sites excluding steroid dienone is 1. The van der Waals surface area contributed by atoms with Crippen molar-refractivity contribution in [2.75, 3.05) is 6.61 Å². The maximum Gasteiger partial charge on any atom is 0.416 e. The number of hydrogen-bond donors (Lipinski definition) is 1. The molecule has 1 aromatic carbocycles. The second kappa shape index (κ2) is 6.66. The van der Waals surface area contributed by atoms with Crippen LogP contribution in [0.15, 0.2) is 35.5 Å². The third-order valence-electron chi connectivity index (χ3n) is 4.48. The predicted molar refractivity (Wildman–Crippen MR) is 86.9 cm³/mol. The van der Waals surface area contributed by atoms with E-state index >= 15 is 0 Å². The van der Waals surface area contributed by atoms with Gasteiger partial charge in [-0.15, -0.1) is 0 Å². The largest absolute Gasteiger partial charge is 0.463 e. The van der Waals surface area contributed by atoms with Gasteiger partial charge >= 0.3 is 18.2 Å². The van der Waals surface area contributed by atoms with Gasteiger partial charge in [0.05, 0.1) is 23.8 Å². The van der Waals surface area contributed by atoms with Crippen LogP contribution < -0.4 is 5.32 Å². The summed E-state index contributed by atoms with van der Waals surface area (Å²) in [5.74, 6) is -0.641. The number of ether oxygens (including phenoxy) is 1. The van der Waals surface area contributed by atoms with Crippen LogP contribution in [0.2, 0.25) is 0 Å². The molecule has 0 radical (unpaired) electrons.